The van der Waals surface area contributed by atoms with E-state index in [1.54, 1.807) is 0 Å². The van der Waals surface area contributed by atoms with Crippen molar-refractivity contribution >= 4 is 28.2 Å². The lowest BCUT2D eigenvalue weighted by atomic mass is 10.2. The Balaban J connectivity index is 3.31. The predicted molar refractivity (Wildman–Crippen MR) is 71.6 cm³/mol. The summed E-state index contributed by atoms with van der Waals surface area (Å²) >= 11 is 3.97. The fraction of sp³-hybridized carbons (Fsp3) is 0.273. The van der Waals surface area contributed by atoms with E-state index in [0.29, 0.717) is 12.2 Å². The van der Waals surface area contributed by atoms with Crippen LogP contribution in [0.25, 0.3) is 0 Å². The lowest BCUT2D eigenvalue weighted by Crippen LogP contribution is -2.00. The smallest absolute Gasteiger partial charge is 0.258 e. The van der Waals surface area contributed by atoms with E-state index in [1.807, 2.05) is 0 Å². The Labute approximate surface area is 111 Å². The molecule has 0 radical (unpaired) electrons. The van der Waals surface area contributed by atoms with Crippen LogP contribution in [0.4, 0.5) is 5.69 Å². The molecule has 0 aliphatic heterocycles. The molecule has 1 aromatic carbocycles. The van der Waals surface area contributed by atoms with Gasteiger partial charge in [0.25, 0.3) is 5.69 Å². The molecular formula is C11H11NO4S2. The molecule has 0 atom stereocenters. The zero-order valence-electron chi connectivity index (χ0n) is 9.58. The van der Waals surface area contributed by atoms with Gasteiger partial charge in [0.15, 0.2) is 9.84 Å². The Bertz CT molecular complexity index is 626. The Morgan fingerprint density at radius 2 is 2.11 bits per heavy atom. The van der Waals surface area contributed by atoms with Crippen LogP contribution >= 0.6 is 12.6 Å². The fourth-order valence-electron chi connectivity index (χ4n) is 1.21. The summed E-state index contributed by atoms with van der Waals surface area (Å²) in [6.45, 7) is 0. The highest BCUT2D eigenvalue weighted by Crippen LogP contribution is 2.22. The average Bonchev–Trinajstić information content (AvgIpc) is 2.28. The van der Waals surface area contributed by atoms with Crippen LogP contribution in [0.5, 0.6) is 0 Å². The second-order valence-corrected chi connectivity index (χ2v) is 5.95. The summed E-state index contributed by atoms with van der Waals surface area (Å²) in [6, 6.07) is 3.69. The summed E-state index contributed by atoms with van der Waals surface area (Å²) in [6.07, 6.45) is 1.51. The summed E-state index contributed by atoms with van der Waals surface area (Å²) in [7, 11) is -3.47. The van der Waals surface area contributed by atoms with Crippen LogP contribution in [0.15, 0.2) is 23.1 Å². The average molecular weight is 285 g/mol. The third-order valence-electron chi connectivity index (χ3n) is 2.05. The number of nitro benzene ring substituents is 1. The minimum atomic E-state index is -3.47. The van der Waals surface area contributed by atoms with Crippen molar-refractivity contribution in [2.75, 3.05) is 12.0 Å². The van der Waals surface area contributed by atoms with E-state index >= 15 is 0 Å². The molecule has 0 N–H and O–H groups in total. The molecule has 0 heterocycles. The monoisotopic (exact) mass is 285 g/mol. The number of thiol groups is 1. The lowest BCUT2D eigenvalue weighted by molar-refractivity contribution is -0.385. The topological polar surface area (TPSA) is 77.3 Å². The van der Waals surface area contributed by atoms with E-state index < -0.39 is 14.8 Å². The van der Waals surface area contributed by atoms with Crippen molar-refractivity contribution in [3.05, 3.63) is 33.9 Å². The molecule has 0 saturated carbocycles. The van der Waals surface area contributed by atoms with Gasteiger partial charge in [-0.1, -0.05) is 11.8 Å². The van der Waals surface area contributed by atoms with Crippen LogP contribution in [0.1, 0.15) is 12.0 Å². The van der Waals surface area contributed by atoms with Crippen LogP contribution in [0.3, 0.4) is 0 Å². The Kier molecular flexibility index (Phi) is 4.76. The lowest BCUT2D eigenvalue weighted by Gasteiger charge is -2.00. The van der Waals surface area contributed by atoms with Crippen molar-refractivity contribution in [1.29, 1.82) is 0 Å². The maximum atomic E-state index is 11.3. The molecule has 0 fully saturated rings. The molecule has 0 unspecified atom stereocenters. The molecule has 0 amide bonds. The molecule has 0 aromatic heterocycles. The molecule has 1 aromatic rings. The van der Waals surface area contributed by atoms with Crippen LogP contribution in [-0.2, 0) is 9.84 Å². The maximum absolute atomic E-state index is 11.3. The first-order valence-electron chi connectivity index (χ1n) is 4.94. The Morgan fingerprint density at radius 3 is 2.61 bits per heavy atom. The van der Waals surface area contributed by atoms with Crippen LogP contribution in [0, 0.1) is 22.0 Å². The van der Waals surface area contributed by atoms with E-state index in [0.717, 1.165) is 12.3 Å². The second-order valence-electron chi connectivity index (χ2n) is 3.48. The van der Waals surface area contributed by atoms with Gasteiger partial charge in [-0.15, -0.1) is 0 Å². The van der Waals surface area contributed by atoms with Crippen molar-refractivity contribution < 1.29 is 13.3 Å². The number of hydrogen-bond acceptors (Lipinski definition) is 5. The Hall–Kier alpha value is -1.52. The van der Waals surface area contributed by atoms with Crippen LogP contribution in [0.2, 0.25) is 0 Å². The molecule has 0 saturated heterocycles. The standard InChI is InChI=1S/C11H11NO4S2/c1-18(15,16)10-6-5-9(4-2-3-7-17)11(8-10)12(13)14/h5-6,8,17H,3,7H2,1H3. The van der Waals surface area contributed by atoms with E-state index in [-0.39, 0.29) is 16.1 Å². The third-order valence-corrected chi connectivity index (χ3v) is 3.39. The van der Waals surface area contributed by atoms with Crippen LogP contribution < -0.4 is 0 Å². The van der Waals surface area contributed by atoms with Crippen molar-refractivity contribution in [2.45, 2.75) is 11.3 Å². The molecule has 0 aliphatic rings. The highest BCUT2D eigenvalue weighted by Gasteiger charge is 2.17. The molecule has 18 heavy (non-hydrogen) atoms. The Morgan fingerprint density at radius 1 is 1.44 bits per heavy atom. The highest BCUT2D eigenvalue weighted by molar-refractivity contribution is 7.90. The molecule has 1 rings (SSSR count). The van der Waals surface area contributed by atoms with Crippen molar-refractivity contribution in [3.63, 3.8) is 0 Å². The first kappa shape index (κ1) is 14.5. The summed E-state index contributed by atoms with van der Waals surface area (Å²) in [5.41, 5.74) is -0.0984. The SMILES string of the molecule is CS(=O)(=O)c1ccc(C#CCCS)c([N+](=O)[O-])c1. The normalized spacial score (nSPS) is 10.6. The van der Waals surface area contributed by atoms with Gasteiger partial charge in [-0.05, 0) is 12.1 Å². The zero-order chi connectivity index (χ0) is 13.8. The molecule has 7 heteroatoms. The van der Waals surface area contributed by atoms with Crippen molar-refractivity contribution in [3.8, 4) is 11.8 Å². The van der Waals surface area contributed by atoms with Crippen molar-refractivity contribution in [1.82, 2.24) is 0 Å². The number of nitro groups is 1. The van der Waals surface area contributed by atoms with Gasteiger partial charge in [0.1, 0.15) is 5.56 Å². The summed E-state index contributed by atoms with van der Waals surface area (Å²) < 4.78 is 22.6. The maximum Gasteiger partial charge on any atom is 0.286 e. The largest absolute Gasteiger partial charge is 0.286 e. The first-order chi connectivity index (χ1) is 8.36. The minimum Gasteiger partial charge on any atom is -0.258 e. The predicted octanol–water partition coefficient (Wildman–Crippen LogP) is 1.67. The second kappa shape index (κ2) is 5.89. The number of sulfone groups is 1. The summed E-state index contributed by atoms with van der Waals surface area (Å²) in [5, 5.41) is 10.9. The van der Waals surface area contributed by atoms with E-state index in [9.17, 15) is 18.5 Å². The van der Waals surface area contributed by atoms with Gasteiger partial charge in [0.05, 0.1) is 9.82 Å². The molecule has 5 nitrogen and oxygen atoms in total. The molecule has 0 aliphatic carbocycles. The fourth-order valence-corrected chi connectivity index (χ4v) is 1.97. The number of nitrogens with zero attached hydrogens (tertiary/aromatic N) is 1. The minimum absolute atomic E-state index is 0.0889. The summed E-state index contributed by atoms with van der Waals surface area (Å²) in [5.74, 6) is 5.92. The number of rotatable bonds is 3. The quantitative estimate of drug-likeness (QED) is 0.396. The van der Waals surface area contributed by atoms with Gasteiger partial charge in [-0.2, -0.15) is 12.6 Å². The van der Waals surface area contributed by atoms with Crippen LogP contribution in [-0.4, -0.2) is 25.3 Å². The van der Waals surface area contributed by atoms with Crippen molar-refractivity contribution in [2.24, 2.45) is 0 Å². The van der Waals surface area contributed by atoms with Gasteiger partial charge in [0, 0.05) is 24.5 Å². The van der Waals surface area contributed by atoms with Gasteiger partial charge in [-0.25, -0.2) is 8.42 Å². The number of benzene rings is 1. The highest BCUT2D eigenvalue weighted by atomic mass is 32.2. The van der Waals surface area contributed by atoms with E-state index in [1.165, 1.54) is 12.1 Å². The molecule has 96 valence electrons. The van der Waals surface area contributed by atoms with Gasteiger partial charge < -0.3 is 0 Å². The molecular weight excluding hydrogens is 274 g/mol. The molecule has 0 bridgehead atoms. The third kappa shape index (κ3) is 3.75. The van der Waals surface area contributed by atoms with Gasteiger partial charge >= 0.3 is 0 Å². The zero-order valence-corrected chi connectivity index (χ0v) is 11.3. The van der Waals surface area contributed by atoms with Gasteiger partial charge in [-0.3, -0.25) is 10.1 Å². The van der Waals surface area contributed by atoms with E-state index in [2.05, 4.69) is 24.5 Å². The number of hydrogen-bond donors (Lipinski definition) is 1. The first-order valence-corrected chi connectivity index (χ1v) is 7.47. The molecule has 0 spiro atoms. The summed E-state index contributed by atoms with van der Waals surface area (Å²) in [4.78, 5) is 10.1. The van der Waals surface area contributed by atoms with Gasteiger partial charge in [0.2, 0.25) is 0 Å². The van der Waals surface area contributed by atoms with E-state index in [4.69, 9.17) is 0 Å².